The number of anilines is 1. The minimum Gasteiger partial charge on any atom is -0.462 e. The van der Waals surface area contributed by atoms with Crippen LogP contribution in [-0.2, 0) is 15.7 Å². The summed E-state index contributed by atoms with van der Waals surface area (Å²) in [6.45, 7) is 7.35. The third-order valence-electron chi connectivity index (χ3n) is 7.79. The molecule has 2 saturated heterocycles. The monoisotopic (exact) mass is 649 g/mol. The normalized spacial score (nSPS) is 20.0. The van der Waals surface area contributed by atoms with Gasteiger partial charge in [0.2, 0.25) is 0 Å². The number of benzene rings is 1. The fourth-order valence-electron chi connectivity index (χ4n) is 5.49. The van der Waals surface area contributed by atoms with E-state index in [0.717, 1.165) is 38.3 Å². The Hall–Kier alpha value is -2.45. The van der Waals surface area contributed by atoms with Crippen molar-refractivity contribution in [2.24, 2.45) is 5.41 Å². The Bertz CT molecular complexity index is 1290. The number of likely N-dealkylation sites (tertiary alicyclic amines) is 2. The fourth-order valence-corrected chi connectivity index (χ4v) is 6.01. The van der Waals surface area contributed by atoms with Crippen molar-refractivity contribution in [2.45, 2.75) is 64.6 Å². The summed E-state index contributed by atoms with van der Waals surface area (Å²) in [7, 11) is 4.76. The molecule has 0 spiro atoms. The van der Waals surface area contributed by atoms with Crippen LogP contribution in [0.5, 0.6) is 6.01 Å². The minimum absolute atomic E-state index is 0.0775. The van der Waals surface area contributed by atoms with Crippen LogP contribution >= 0.6 is 15.9 Å². The Morgan fingerprint density at radius 3 is 2.34 bits per heavy atom. The lowest BCUT2D eigenvalue weighted by Gasteiger charge is -2.48. The Kier molecular flexibility index (Phi) is 8.97. The molecule has 0 N–H and O–H groups in total. The Morgan fingerprint density at radius 1 is 1.15 bits per heavy atom. The van der Waals surface area contributed by atoms with Crippen LogP contribution in [0.15, 0.2) is 10.5 Å². The van der Waals surface area contributed by atoms with Crippen molar-refractivity contribution in [3.63, 3.8) is 0 Å². The van der Waals surface area contributed by atoms with Gasteiger partial charge in [0.25, 0.3) is 0 Å². The van der Waals surface area contributed by atoms with Crippen LogP contribution in [0.25, 0.3) is 10.9 Å². The van der Waals surface area contributed by atoms with Crippen LogP contribution in [-0.4, -0.2) is 85.3 Å². The van der Waals surface area contributed by atoms with Gasteiger partial charge in [-0.2, -0.15) is 23.1 Å². The second-order valence-electron chi connectivity index (χ2n) is 11.5. The second kappa shape index (κ2) is 11.7. The predicted octanol–water partition coefficient (Wildman–Crippen LogP) is 6.04. The maximum absolute atomic E-state index is 15.6. The lowest BCUT2D eigenvalue weighted by atomic mass is 9.89. The number of hydrogen-bond acceptors (Lipinski definition) is 8. The number of carbonyl (C=O) groups excluding carboxylic acids is 1. The summed E-state index contributed by atoms with van der Waals surface area (Å²) in [5.74, 6) is -3.24. The van der Waals surface area contributed by atoms with E-state index in [1.165, 1.54) is 24.0 Å². The molecule has 4 rings (SSSR count). The van der Waals surface area contributed by atoms with E-state index in [4.69, 9.17) is 14.2 Å². The van der Waals surface area contributed by atoms with E-state index in [0.29, 0.717) is 13.1 Å². The van der Waals surface area contributed by atoms with Gasteiger partial charge in [-0.15, -0.1) is 0 Å². The molecule has 41 heavy (non-hydrogen) atoms. The smallest absolute Gasteiger partial charge is 0.417 e. The van der Waals surface area contributed by atoms with Gasteiger partial charge in [-0.3, -0.25) is 4.90 Å². The highest BCUT2D eigenvalue weighted by molar-refractivity contribution is 9.10. The highest BCUT2D eigenvalue weighted by atomic mass is 79.9. The maximum atomic E-state index is 15.6. The summed E-state index contributed by atoms with van der Waals surface area (Å²) in [6.07, 6.45) is -2.01. The lowest BCUT2D eigenvalue weighted by molar-refractivity contribution is -0.245. The number of rotatable bonds is 7. The molecule has 2 aliphatic heterocycles. The van der Waals surface area contributed by atoms with Gasteiger partial charge in [-0.05, 0) is 61.3 Å². The molecule has 0 radical (unpaired) electrons. The zero-order chi connectivity index (χ0) is 30.3. The lowest BCUT2D eigenvalue weighted by Crippen LogP contribution is -2.61. The Morgan fingerprint density at radius 2 is 1.80 bits per heavy atom. The maximum Gasteiger partial charge on any atom is 0.417 e. The molecule has 1 aromatic heterocycles. The van der Waals surface area contributed by atoms with Crippen molar-refractivity contribution in [1.82, 2.24) is 19.8 Å². The third kappa shape index (κ3) is 6.05. The summed E-state index contributed by atoms with van der Waals surface area (Å²) in [4.78, 5) is 26.8. The van der Waals surface area contributed by atoms with Crippen LogP contribution in [0.3, 0.4) is 0 Å². The van der Waals surface area contributed by atoms with Crippen LogP contribution < -0.4 is 9.64 Å². The van der Waals surface area contributed by atoms with Gasteiger partial charge in [0.1, 0.15) is 17.9 Å². The molecule has 14 heteroatoms. The van der Waals surface area contributed by atoms with E-state index >= 15 is 4.39 Å². The highest BCUT2D eigenvalue weighted by Crippen LogP contribution is 2.45. The van der Waals surface area contributed by atoms with Gasteiger partial charge in [0.15, 0.2) is 5.82 Å². The molecule has 228 valence electrons. The van der Waals surface area contributed by atoms with Gasteiger partial charge in [0, 0.05) is 44.1 Å². The molecule has 2 atom stereocenters. The number of ether oxygens (including phenoxy) is 3. The molecular weight excluding hydrogens is 614 g/mol. The number of carbonyl (C=O) groups is 1. The van der Waals surface area contributed by atoms with E-state index in [2.05, 4.69) is 30.8 Å². The van der Waals surface area contributed by atoms with Crippen LogP contribution in [0.4, 0.5) is 28.2 Å². The summed E-state index contributed by atoms with van der Waals surface area (Å²) < 4.78 is 74.4. The van der Waals surface area contributed by atoms with Gasteiger partial charge >= 0.3 is 24.2 Å². The predicted molar refractivity (Wildman–Crippen MR) is 148 cm³/mol. The van der Waals surface area contributed by atoms with Crippen LogP contribution in [0.2, 0.25) is 0 Å². The number of methoxy groups -OCH3 is 1. The molecular formula is C27H36BrF4N5O4. The fraction of sp³-hybridized carbons (Fsp3) is 0.667. The number of amides is 1. The third-order valence-corrected chi connectivity index (χ3v) is 8.56. The van der Waals surface area contributed by atoms with E-state index in [-0.39, 0.29) is 35.4 Å². The van der Waals surface area contributed by atoms with E-state index in [1.54, 1.807) is 20.8 Å². The molecule has 9 nitrogen and oxygen atoms in total. The van der Waals surface area contributed by atoms with E-state index in [1.807, 2.05) is 7.05 Å². The van der Waals surface area contributed by atoms with E-state index < -0.39 is 39.4 Å². The zero-order valence-electron chi connectivity index (χ0n) is 24.1. The average Bonchev–Trinajstić information content (AvgIpc) is 3.58. The summed E-state index contributed by atoms with van der Waals surface area (Å²) in [6, 6.07) is 0.623. The van der Waals surface area contributed by atoms with Gasteiger partial charge < -0.3 is 24.0 Å². The minimum atomic E-state index is -4.88. The molecule has 0 aliphatic carbocycles. The summed E-state index contributed by atoms with van der Waals surface area (Å²) >= 11 is 2.76. The van der Waals surface area contributed by atoms with Crippen molar-refractivity contribution >= 4 is 38.7 Å². The number of halogens is 5. The molecule has 0 saturated carbocycles. The van der Waals surface area contributed by atoms with Gasteiger partial charge in [-0.1, -0.05) is 20.8 Å². The molecule has 1 amide bonds. The van der Waals surface area contributed by atoms with Crippen LogP contribution in [0, 0.1) is 11.2 Å². The summed E-state index contributed by atoms with van der Waals surface area (Å²) in [5, 5.41) is -0.256. The summed E-state index contributed by atoms with van der Waals surface area (Å²) in [5.41, 5.74) is -2.59. The number of hydrogen-bond donors (Lipinski definition) is 0. The number of nitrogens with zero attached hydrogens (tertiary/aromatic N) is 5. The second-order valence-corrected chi connectivity index (χ2v) is 12.3. The van der Waals surface area contributed by atoms with Crippen molar-refractivity contribution in [3.05, 3.63) is 21.9 Å². The van der Waals surface area contributed by atoms with Gasteiger partial charge in [0.05, 0.1) is 10.0 Å². The topological polar surface area (TPSA) is 80.3 Å². The standard InChI is InChI=1S/C27H36BrF4N5O4/c1-25(2,3)27(39-6,41-24(38)37-12-7-8-13-37)36(5)22-17-14-18(26(30,31)32)19(28)20(29)21(17)33-23(34-22)40-15-16-10-9-11-35(16)4/h14,16H,7-13,15H2,1-6H3/t16-,27?/m0/s1. The molecule has 2 aromatic rings. The average molecular weight is 651 g/mol. The molecule has 2 aliphatic rings. The van der Waals surface area contributed by atoms with Crippen molar-refractivity contribution < 1.29 is 36.6 Å². The molecule has 0 bridgehead atoms. The molecule has 2 fully saturated rings. The highest BCUT2D eigenvalue weighted by Gasteiger charge is 2.52. The first kappa shape index (κ1) is 31.5. The van der Waals surface area contributed by atoms with E-state index in [9.17, 15) is 18.0 Å². The zero-order valence-corrected chi connectivity index (χ0v) is 25.7. The van der Waals surface area contributed by atoms with Crippen molar-refractivity contribution in [2.75, 3.05) is 52.3 Å². The first-order valence-electron chi connectivity index (χ1n) is 13.5. The quantitative estimate of drug-likeness (QED) is 0.265. The first-order valence-corrected chi connectivity index (χ1v) is 14.3. The largest absolute Gasteiger partial charge is 0.462 e. The van der Waals surface area contributed by atoms with Crippen molar-refractivity contribution in [3.8, 4) is 6.01 Å². The Balaban J connectivity index is 1.89. The Labute approximate surface area is 245 Å². The molecule has 3 heterocycles. The number of alkyl halides is 3. The van der Waals surface area contributed by atoms with Gasteiger partial charge in [-0.25, -0.2) is 9.18 Å². The SMILES string of the molecule is COC(OC(=O)N1CCCC1)(N(C)c1nc(OC[C@@H]2CCCN2C)nc2c(F)c(Br)c(C(F)(F)F)cc12)C(C)(C)C. The number of aromatic nitrogens is 2. The van der Waals surface area contributed by atoms with Crippen molar-refractivity contribution in [1.29, 1.82) is 0 Å². The molecule has 1 unspecified atom stereocenters. The molecule has 1 aromatic carbocycles. The number of likely N-dealkylation sites (N-methyl/N-ethyl adjacent to an activating group) is 1. The van der Waals surface area contributed by atoms with Crippen LogP contribution in [0.1, 0.15) is 52.0 Å². The first-order chi connectivity index (χ1) is 19.1. The number of fused-ring (bicyclic) bond motifs is 1.